The summed E-state index contributed by atoms with van der Waals surface area (Å²) in [5.74, 6) is -1.06. The first-order chi connectivity index (χ1) is 13.6. The second-order valence-electron chi connectivity index (χ2n) is 6.75. The van der Waals surface area contributed by atoms with E-state index in [1.54, 1.807) is 12.1 Å². The smallest absolute Gasteiger partial charge is 0.341 e. The molecule has 29 heavy (non-hydrogen) atoms. The van der Waals surface area contributed by atoms with Crippen LogP contribution in [-0.2, 0) is 32.4 Å². The number of nitrogens with zero attached hydrogens (tertiary/aromatic N) is 1. The molecule has 1 N–H and O–H groups in total. The molecular weight excluding hydrogens is 436 g/mol. The summed E-state index contributed by atoms with van der Waals surface area (Å²) in [5, 5.41) is 3.58. The third-order valence-electron chi connectivity index (χ3n) is 4.72. The second kappa shape index (κ2) is 8.33. The van der Waals surface area contributed by atoms with E-state index in [1.165, 1.54) is 37.5 Å². The van der Waals surface area contributed by atoms with Gasteiger partial charge in [0.1, 0.15) is 11.0 Å². The lowest BCUT2D eigenvalue weighted by atomic mass is 10.1. The zero-order valence-electron chi connectivity index (χ0n) is 16.2. The lowest BCUT2D eigenvalue weighted by Gasteiger charge is -2.28. The van der Waals surface area contributed by atoms with E-state index in [2.05, 4.69) is 5.32 Å². The van der Waals surface area contributed by atoms with Crippen molar-refractivity contribution < 1.29 is 22.7 Å². The standard InChI is InChI=1S/C19H21ClN2O5S2/c1-11(22(29(3,25)26)13-9-7-12(20)8-10-13)17(23)21-18-16(19(24)27-2)14-5-4-6-15(14)28-18/h7-11H,4-6H2,1-3H3,(H,21,23)/t11-/m0/s1. The van der Waals surface area contributed by atoms with Crippen molar-refractivity contribution >= 4 is 55.5 Å². The lowest BCUT2D eigenvalue weighted by Crippen LogP contribution is -2.45. The summed E-state index contributed by atoms with van der Waals surface area (Å²) in [6.07, 6.45) is 3.58. The van der Waals surface area contributed by atoms with Crippen molar-refractivity contribution in [2.24, 2.45) is 0 Å². The van der Waals surface area contributed by atoms with Gasteiger partial charge >= 0.3 is 5.97 Å². The number of rotatable bonds is 6. The summed E-state index contributed by atoms with van der Waals surface area (Å²) >= 11 is 7.22. The van der Waals surface area contributed by atoms with Gasteiger partial charge < -0.3 is 10.1 Å². The number of hydrogen-bond donors (Lipinski definition) is 1. The van der Waals surface area contributed by atoms with Crippen LogP contribution in [0.5, 0.6) is 0 Å². The number of sulfonamides is 1. The number of amides is 1. The first-order valence-corrected chi connectivity index (χ1v) is 12.0. The highest BCUT2D eigenvalue weighted by Crippen LogP contribution is 2.39. The maximum atomic E-state index is 12.9. The van der Waals surface area contributed by atoms with Crippen LogP contribution >= 0.6 is 22.9 Å². The van der Waals surface area contributed by atoms with Gasteiger partial charge in [-0.15, -0.1) is 11.3 Å². The Morgan fingerprint density at radius 1 is 1.24 bits per heavy atom. The first kappa shape index (κ1) is 21.6. The molecule has 1 atom stereocenters. The number of nitrogens with one attached hydrogen (secondary N) is 1. The Hall–Kier alpha value is -2.10. The van der Waals surface area contributed by atoms with Crippen LogP contribution in [0.4, 0.5) is 10.7 Å². The molecule has 0 spiro atoms. The van der Waals surface area contributed by atoms with Gasteiger partial charge in [-0.2, -0.15) is 0 Å². The van der Waals surface area contributed by atoms with Crippen LogP contribution in [0.25, 0.3) is 0 Å². The number of carbonyl (C=O) groups excluding carboxylic acids is 2. The molecule has 7 nitrogen and oxygen atoms in total. The molecule has 0 aliphatic heterocycles. The minimum atomic E-state index is -3.75. The summed E-state index contributed by atoms with van der Waals surface area (Å²) in [5.41, 5.74) is 1.59. The van der Waals surface area contributed by atoms with Gasteiger partial charge in [0.15, 0.2) is 0 Å². The van der Waals surface area contributed by atoms with Crippen LogP contribution < -0.4 is 9.62 Å². The van der Waals surface area contributed by atoms with Crippen LogP contribution in [0, 0.1) is 0 Å². The van der Waals surface area contributed by atoms with Gasteiger partial charge in [-0.05, 0) is 56.0 Å². The van der Waals surface area contributed by atoms with E-state index in [4.69, 9.17) is 16.3 Å². The average molecular weight is 457 g/mol. The predicted octanol–water partition coefficient (Wildman–Crippen LogP) is 3.47. The normalized spacial score (nSPS) is 14.2. The molecular formula is C19H21ClN2O5S2. The van der Waals surface area contributed by atoms with Crippen molar-refractivity contribution in [3.8, 4) is 0 Å². The number of methoxy groups -OCH3 is 1. The highest BCUT2D eigenvalue weighted by molar-refractivity contribution is 7.92. The SMILES string of the molecule is COC(=O)c1c(NC(=O)[C@H](C)N(c2ccc(Cl)cc2)S(C)(=O)=O)sc2c1CCC2. The molecule has 0 unspecified atom stereocenters. The first-order valence-electron chi connectivity index (χ1n) is 8.92. The van der Waals surface area contributed by atoms with Gasteiger partial charge in [0.2, 0.25) is 15.9 Å². The van der Waals surface area contributed by atoms with Crippen molar-refractivity contribution in [2.45, 2.75) is 32.2 Å². The van der Waals surface area contributed by atoms with E-state index < -0.39 is 27.9 Å². The zero-order valence-corrected chi connectivity index (χ0v) is 18.6. The van der Waals surface area contributed by atoms with E-state index in [0.29, 0.717) is 21.3 Å². The minimum absolute atomic E-state index is 0.321. The Labute approximate surface area is 178 Å². The summed E-state index contributed by atoms with van der Waals surface area (Å²) in [4.78, 5) is 26.3. The topological polar surface area (TPSA) is 92.8 Å². The molecule has 0 fully saturated rings. The van der Waals surface area contributed by atoms with Gasteiger partial charge in [0, 0.05) is 9.90 Å². The minimum Gasteiger partial charge on any atom is -0.465 e. The average Bonchev–Trinajstić information content (AvgIpc) is 3.22. The highest BCUT2D eigenvalue weighted by Gasteiger charge is 2.32. The maximum absolute atomic E-state index is 12.9. The number of esters is 1. The van der Waals surface area contributed by atoms with E-state index in [1.807, 2.05) is 0 Å². The van der Waals surface area contributed by atoms with Gasteiger partial charge in [-0.25, -0.2) is 13.2 Å². The van der Waals surface area contributed by atoms with Crippen molar-refractivity contribution in [3.63, 3.8) is 0 Å². The second-order valence-corrected chi connectivity index (χ2v) is 10.2. The molecule has 2 aromatic rings. The third-order valence-corrected chi connectivity index (χ3v) is 7.42. The summed E-state index contributed by atoms with van der Waals surface area (Å²) in [6.45, 7) is 1.49. The molecule has 0 bridgehead atoms. The van der Waals surface area contributed by atoms with Gasteiger partial charge in [-0.3, -0.25) is 9.10 Å². The van der Waals surface area contributed by atoms with Crippen LogP contribution in [0.2, 0.25) is 5.02 Å². The monoisotopic (exact) mass is 456 g/mol. The molecule has 1 aromatic carbocycles. The number of fused-ring (bicyclic) bond motifs is 1. The number of anilines is 2. The van der Waals surface area contributed by atoms with E-state index in [0.717, 1.165) is 40.3 Å². The number of carbonyl (C=O) groups is 2. The molecule has 0 saturated carbocycles. The quantitative estimate of drug-likeness (QED) is 0.672. The molecule has 3 rings (SSSR count). The Kier molecular flexibility index (Phi) is 6.21. The highest BCUT2D eigenvalue weighted by atomic mass is 35.5. The van der Waals surface area contributed by atoms with Crippen LogP contribution in [-0.4, -0.2) is 39.7 Å². The molecule has 1 aliphatic carbocycles. The summed E-state index contributed by atoms with van der Waals surface area (Å²) in [6, 6.07) is 5.13. The van der Waals surface area contributed by atoms with Gasteiger partial charge in [0.05, 0.1) is 24.6 Å². The van der Waals surface area contributed by atoms with E-state index >= 15 is 0 Å². The Bertz CT molecular complexity index is 1050. The summed E-state index contributed by atoms with van der Waals surface area (Å²) < 4.78 is 30.7. The Morgan fingerprint density at radius 2 is 1.90 bits per heavy atom. The fourth-order valence-corrected chi connectivity index (χ4v) is 6.00. The van der Waals surface area contributed by atoms with E-state index in [9.17, 15) is 18.0 Å². The molecule has 1 heterocycles. The Balaban J connectivity index is 1.92. The molecule has 1 aromatic heterocycles. The third kappa shape index (κ3) is 4.41. The number of ether oxygens (including phenoxy) is 1. The maximum Gasteiger partial charge on any atom is 0.341 e. The number of hydrogen-bond acceptors (Lipinski definition) is 6. The van der Waals surface area contributed by atoms with Gasteiger partial charge in [-0.1, -0.05) is 11.6 Å². The van der Waals surface area contributed by atoms with Crippen LogP contribution in [0.3, 0.4) is 0 Å². The number of benzene rings is 1. The molecule has 1 aliphatic rings. The van der Waals surface area contributed by atoms with Gasteiger partial charge in [0.25, 0.3) is 0 Å². The predicted molar refractivity (Wildman–Crippen MR) is 115 cm³/mol. The molecule has 0 radical (unpaired) electrons. The molecule has 0 saturated heterocycles. The lowest BCUT2D eigenvalue weighted by molar-refractivity contribution is -0.116. The van der Waals surface area contributed by atoms with Crippen molar-refractivity contribution in [3.05, 3.63) is 45.3 Å². The Morgan fingerprint density at radius 3 is 2.48 bits per heavy atom. The van der Waals surface area contributed by atoms with Crippen molar-refractivity contribution in [2.75, 3.05) is 23.0 Å². The molecule has 156 valence electrons. The van der Waals surface area contributed by atoms with E-state index in [-0.39, 0.29) is 0 Å². The van der Waals surface area contributed by atoms with Crippen LogP contribution in [0.1, 0.15) is 34.1 Å². The number of halogens is 1. The van der Waals surface area contributed by atoms with Crippen molar-refractivity contribution in [1.29, 1.82) is 0 Å². The zero-order chi connectivity index (χ0) is 21.3. The fraction of sp³-hybridized carbons (Fsp3) is 0.368. The molecule has 10 heteroatoms. The number of thiophene rings is 1. The fourth-order valence-electron chi connectivity index (χ4n) is 3.42. The largest absolute Gasteiger partial charge is 0.465 e. The molecule has 1 amide bonds. The van der Waals surface area contributed by atoms with Crippen molar-refractivity contribution in [1.82, 2.24) is 0 Å². The number of aryl methyl sites for hydroxylation is 1. The van der Waals surface area contributed by atoms with Crippen LogP contribution in [0.15, 0.2) is 24.3 Å². The summed E-state index contributed by atoms with van der Waals surface area (Å²) in [7, 11) is -2.46.